The summed E-state index contributed by atoms with van der Waals surface area (Å²) in [5, 5.41) is 12.7. The second-order valence-electron chi connectivity index (χ2n) is 7.35. The summed E-state index contributed by atoms with van der Waals surface area (Å²) < 4.78 is 0. The summed E-state index contributed by atoms with van der Waals surface area (Å²) in [6.07, 6.45) is 6.24. The number of fused-ring (bicyclic) bond motifs is 2. The highest BCUT2D eigenvalue weighted by atomic mass is 32.1. The van der Waals surface area contributed by atoms with Crippen molar-refractivity contribution in [3.8, 4) is 0 Å². The molecule has 0 heterocycles. The second-order valence-corrected chi connectivity index (χ2v) is 7.88. The highest BCUT2D eigenvalue weighted by Crippen LogP contribution is 2.23. The number of carbonyl (C=O) groups excluding carboxylic acids is 1. The molecule has 0 atom stereocenters. The van der Waals surface area contributed by atoms with Gasteiger partial charge >= 0.3 is 5.97 Å². The van der Waals surface area contributed by atoms with Crippen LogP contribution in [0, 0.1) is 0 Å². The van der Waals surface area contributed by atoms with Crippen LogP contribution in [0.3, 0.4) is 0 Å². The Balaban J connectivity index is 0.000000165. The Kier molecular flexibility index (Phi) is 6.34. The molecular weight excluding hydrogens is 416 g/mol. The molecule has 0 aliphatic heterocycles. The van der Waals surface area contributed by atoms with Crippen molar-refractivity contribution >= 4 is 50.4 Å². The van der Waals surface area contributed by atoms with Gasteiger partial charge in [0.2, 0.25) is 0 Å². The fourth-order valence-electron chi connectivity index (χ4n) is 3.69. The molecular formula is C28H20O3S. The van der Waals surface area contributed by atoms with Crippen LogP contribution in [0.1, 0.15) is 27.1 Å². The number of rotatable bonds is 3. The van der Waals surface area contributed by atoms with Gasteiger partial charge in [0.25, 0.3) is 0 Å². The minimum atomic E-state index is -0.878. The molecule has 0 fully saturated rings. The molecule has 0 spiro atoms. The first-order valence-electron chi connectivity index (χ1n) is 10.2. The highest BCUT2D eigenvalue weighted by Gasteiger charge is 2.14. The summed E-state index contributed by atoms with van der Waals surface area (Å²) in [6, 6.07) is 26.5. The van der Waals surface area contributed by atoms with Crippen molar-refractivity contribution in [1.82, 2.24) is 0 Å². The van der Waals surface area contributed by atoms with Crippen molar-refractivity contribution in [2.75, 3.05) is 0 Å². The third kappa shape index (κ3) is 4.56. The normalized spacial score (nSPS) is 12.8. The smallest absolute Gasteiger partial charge is 0.336 e. The van der Waals surface area contributed by atoms with Crippen molar-refractivity contribution in [1.29, 1.82) is 0 Å². The van der Waals surface area contributed by atoms with Crippen molar-refractivity contribution < 1.29 is 14.7 Å². The minimum Gasteiger partial charge on any atom is -0.478 e. The molecule has 0 radical (unpaired) electrons. The van der Waals surface area contributed by atoms with Crippen LogP contribution in [0.4, 0.5) is 0 Å². The predicted molar refractivity (Wildman–Crippen MR) is 134 cm³/mol. The van der Waals surface area contributed by atoms with E-state index in [9.17, 15) is 9.59 Å². The lowest BCUT2D eigenvalue weighted by Crippen LogP contribution is -2.06. The van der Waals surface area contributed by atoms with E-state index in [-0.39, 0.29) is 5.78 Å². The predicted octanol–water partition coefficient (Wildman–Crippen LogP) is 6.82. The number of allylic oxidation sites excluding steroid dienone is 4. The quantitative estimate of drug-likeness (QED) is 0.283. The van der Waals surface area contributed by atoms with Crippen LogP contribution in [-0.4, -0.2) is 21.7 Å². The van der Waals surface area contributed by atoms with Gasteiger partial charge in [-0.05, 0) is 33.7 Å². The third-order valence-electron chi connectivity index (χ3n) is 5.29. The van der Waals surface area contributed by atoms with Gasteiger partial charge in [-0.25, -0.2) is 4.79 Å². The molecule has 32 heavy (non-hydrogen) atoms. The van der Waals surface area contributed by atoms with E-state index in [2.05, 4.69) is 0 Å². The lowest BCUT2D eigenvalue weighted by Gasteiger charge is -2.09. The summed E-state index contributed by atoms with van der Waals surface area (Å²) in [6.45, 7) is 0. The number of carboxylic acids is 1. The maximum atomic E-state index is 12.6. The highest BCUT2D eigenvalue weighted by molar-refractivity contribution is 7.80. The molecule has 1 aliphatic carbocycles. The van der Waals surface area contributed by atoms with Crippen molar-refractivity contribution in [2.24, 2.45) is 0 Å². The van der Waals surface area contributed by atoms with Gasteiger partial charge in [-0.2, -0.15) is 0 Å². The zero-order valence-electron chi connectivity index (χ0n) is 17.2. The van der Waals surface area contributed by atoms with Gasteiger partial charge in [0.05, 0.1) is 5.56 Å². The van der Waals surface area contributed by atoms with E-state index >= 15 is 0 Å². The van der Waals surface area contributed by atoms with Gasteiger partial charge in [-0.15, -0.1) is 0 Å². The van der Waals surface area contributed by atoms with E-state index in [0.29, 0.717) is 12.0 Å². The fourth-order valence-corrected chi connectivity index (χ4v) is 3.84. The molecule has 4 aromatic carbocycles. The summed E-state index contributed by atoms with van der Waals surface area (Å²) in [5.74, 6) is -0.813. The molecule has 0 amide bonds. The number of benzene rings is 4. The molecule has 4 aromatic rings. The van der Waals surface area contributed by atoms with Crippen LogP contribution in [0.2, 0.25) is 0 Å². The van der Waals surface area contributed by atoms with E-state index in [4.69, 9.17) is 17.3 Å². The van der Waals surface area contributed by atoms with E-state index in [1.807, 2.05) is 91.0 Å². The minimum absolute atomic E-state index is 0.0653. The molecule has 3 nitrogen and oxygen atoms in total. The Bertz CT molecular complexity index is 1400. The molecule has 1 aliphatic rings. The van der Waals surface area contributed by atoms with Gasteiger partial charge in [0, 0.05) is 22.4 Å². The van der Waals surface area contributed by atoms with Gasteiger partial charge in [0.1, 0.15) is 0 Å². The molecule has 0 bridgehead atoms. The first kappa shape index (κ1) is 21.3. The first-order chi connectivity index (χ1) is 15.5. The van der Waals surface area contributed by atoms with Gasteiger partial charge in [-0.3, -0.25) is 4.79 Å². The Hall–Kier alpha value is -3.89. The van der Waals surface area contributed by atoms with Gasteiger partial charge in [0.15, 0.2) is 5.78 Å². The second kappa shape index (κ2) is 9.50. The number of thiocarbonyl (C=S) groups is 1. The summed E-state index contributed by atoms with van der Waals surface area (Å²) in [4.78, 5) is 24.2. The molecule has 0 unspecified atom stereocenters. The number of Topliss-reactive ketones (excluding diaryl/α,β-unsaturated/α-hetero) is 1. The summed E-state index contributed by atoms with van der Waals surface area (Å²) >= 11 is 5.10. The van der Waals surface area contributed by atoms with Crippen LogP contribution in [-0.2, 0) is 0 Å². The monoisotopic (exact) mass is 436 g/mol. The van der Waals surface area contributed by atoms with Crippen molar-refractivity contribution in [2.45, 2.75) is 6.42 Å². The van der Waals surface area contributed by atoms with Crippen LogP contribution in [0.5, 0.6) is 0 Å². The van der Waals surface area contributed by atoms with Crippen LogP contribution >= 0.6 is 12.2 Å². The maximum Gasteiger partial charge on any atom is 0.336 e. The fraction of sp³-hybridized carbons (Fsp3) is 0.0357. The zero-order valence-corrected chi connectivity index (χ0v) is 18.0. The lowest BCUT2D eigenvalue weighted by molar-refractivity contribution is 0.0699. The molecule has 4 heteroatoms. The summed E-state index contributed by atoms with van der Waals surface area (Å²) in [5.41, 5.74) is 1.84. The number of ketones is 1. The average Bonchev–Trinajstić information content (AvgIpc) is 2.83. The largest absolute Gasteiger partial charge is 0.478 e. The molecule has 0 saturated heterocycles. The van der Waals surface area contributed by atoms with Crippen molar-refractivity contribution in [3.63, 3.8) is 0 Å². The third-order valence-corrected chi connectivity index (χ3v) is 5.59. The van der Waals surface area contributed by atoms with Crippen LogP contribution < -0.4 is 0 Å². The number of carboxylic acid groups (broad SMARTS) is 1. The maximum absolute atomic E-state index is 12.6. The first-order valence-corrected chi connectivity index (χ1v) is 10.6. The molecule has 0 saturated carbocycles. The molecule has 156 valence electrons. The van der Waals surface area contributed by atoms with Gasteiger partial charge in [-0.1, -0.05) is 103 Å². The van der Waals surface area contributed by atoms with Crippen molar-refractivity contribution in [3.05, 3.63) is 120 Å². The Morgan fingerprint density at radius 2 is 1.22 bits per heavy atom. The van der Waals surface area contributed by atoms with E-state index in [1.165, 1.54) is 0 Å². The number of hydrogen-bond acceptors (Lipinski definition) is 3. The molecule has 0 aromatic heterocycles. The van der Waals surface area contributed by atoms with E-state index in [0.717, 1.165) is 37.5 Å². The standard InChI is InChI=1S/C17H12OS.C11H8O2/c18-17(13-8-10-14(19)11-9-13)16-7-3-5-12-4-1-2-6-15(12)16;12-11(13)10-7-3-5-8-4-1-2-6-9(8)10/h1-10H,11H2;1-7H,(H,12,13). The molecule has 5 rings (SSSR count). The van der Waals surface area contributed by atoms with E-state index in [1.54, 1.807) is 12.1 Å². The topological polar surface area (TPSA) is 54.4 Å². The Morgan fingerprint density at radius 1 is 0.688 bits per heavy atom. The molecule has 1 N–H and O–H groups in total. The number of carbonyl (C=O) groups is 2. The number of hydrogen-bond donors (Lipinski definition) is 1. The van der Waals surface area contributed by atoms with Crippen LogP contribution in [0.15, 0.2) is 109 Å². The van der Waals surface area contributed by atoms with Gasteiger partial charge < -0.3 is 5.11 Å². The van der Waals surface area contributed by atoms with E-state index < -0.39 is 5.97 Å². The zero-order chi connectivity index (χ0) is 22.5. The van der Waals surface area contributed by atoms with Crippen LogP contribution in [0.25, 0.3) is 21.5 Å². The Labute approximate surface area is 191 Å². The Morgan fingerprint density at radius 3 is 1.78 bits per heavy atom. The number of aromatic carboxylic acids is 1. The average molecular weight is 437 g/mol. The SMILES string of the molecule is O=C(C1=CCC(=S)C=C1)c1cccc2ccccc12.O=C(O)c1cccc2ccccc12. The lowest BCUT2D eigenvalue weighted by atomic mass is 9.94. The summed E-state index contributed by atoms with van der Waals surface area (Å²) in [7, 11) is 0.